The monoisotopic (exact) mass is 380 g/mol. The van der Waals surface area contributed by atoms with Crippen molar-refractivity contribution in [3.63, 3.8) is 0 Å². The van der Waals surface area contributed by atoms with Crippen LogP contribution in [-0.2, 0) is 16.6 Å². The summed E-state index contributed by atoms with van der Waals surface area (Å²) in [7, 11) is -4.03. The van der Waals surface area contributed by atoms with Crippen LogP contribution in [0, 0.1) is 10.1 Å². The first-order valence-corrected chi connectivity index (χ1v) is 9.83. The Kier molecular flexibility index (Phi) is 4.25. The minimum absolute atomic E-state index is 0.142. The van der Waals surface area contributed by atoms with Crippen molar-refractivity contribution in [1.82, 2.24) is 4.31 Å². The molecule has 2 aromatic carbocycles. The summed E-state index contributed by atoms with van der Waals surface area (Å²) in [4.78, 5) is 10.4. The predicted molar refractivity (Wildman–Crippen MR) is 102 cm³/mol. The highest BCUT2D eigenvalue weighted by Gasteiger charge is 2.32. The summed E-state index contributed by atoms with van der Waals surface area (Å²) in [5, 5.41) is 11.3. The summed E-state index contributed by atoms with van der Waals surface area (Å²) in [6.07, 6.45) is 7.77. The second-order valence-electron chi connectivity index (χ2n) is 6.28. The first-order chi connectivity index (χ1) is 13.0. The van der Waals surface area contributed by atoms with Crippen LogP contribution in [0.3, 0.4) is 0 Å². The van der Waals surface area contributed by atoms with Crippen molar-refractivity contribution in [1.29, 1.82) is 0 Å². The Hall–Kier alpha value is -3.03. The molecule has 0 amide bonds. The first kappa shape index (κ1) is 17.4. The van der Waals surface area contributed by atoms with E-state index in [1.54, 1.807) is 0 Å². The molecule has 1 heterocycles. The minimum Gasteiger partial charge on any atom is -0.258 e. The maximum Gasteiger partial charge on any atom is 0.289 e. The van der Waals surface area contributed by atoms with Crippen molar-refractivity contribution in [2.45, 2.75) is 11.4 Å². The molecule has 0 unspecified atom stereocenters. The van der Waals surface area contributed by atoms with Crippen LogP contribution in [0.25, 0.3) is 5.57 Å². The van der Waals surface area contributed by atoms with Gasteiger partial charge in [0.2, 0.25) is 0 Å². The van der Waals surface area contributed by atoms with Gasteiger partial charge in [-0.05, 0) is 28.3 Å². The number of benzene rings is 2. The van der Waals surface area contributed by atoms with E-state index in [0.717, 1.165) is 22.3 Å². The molecule has 2 aromatic rings. The van der Waals surface area contributed by atoms with Crippen molar-refractivity contribution in [3.05, 3.63) is 99.6 Å². The highest BCUT2D eigenvalue weighted by Crippen LogP contribution is 2.35. The second kappa shape index (κ2) is 6.61. The average Bonchev–Trinajstić information content (AvgIpc) is 2.81. The third-order valence-corrected chi connectivity index (χ3v) is 6.55. The van der Waals surface area contributed by atoms with Gasteiger partial charge in [0.15, 0.2) is 4.90 Å². The fourth-order valence-electron chi connectivity index (χ4n) is 3.27. The fourth-order valence-corrected chi connectivity index (χ4v) is 4.79. The zero-order chi connectivity index (χ0) is 19.0. The van der Waals surface area contributed by atoms with Gasteiger partial charge in [0.05, 0.1) is 4.92 Å². The number of rotatable bonds is 4. The summed E-state index contributed by atoms with van der Waals surface area (Å²) in [6.45, 7) is 0.297. The molecule has 6 nitrogen and oxygen atoms in total. The number of allylic oxidation sites excluding steroid dienone is 5. The van der Waals surface area contributed by atoms with Crippen LogP contribution in [0.1, 0.15) is 11.1 Å². The van der Waals surface area contributed by atoms with Crippen LogP contribution in [0.15, 0.2) is 83.3 Å². The average molecular weight is 380 g/mol. The topological polar surface area (TPSA) is 80.5 Å². The molecule has 4 rings (SSSR count). The van der Waals surface area contributed by atoms with E-state index in [0.29, 0.717) is 0 Å². The highest BCUT2D eigenvalue weighted by molar-refractivity contribution is 7.89. The highest BCUT2D eigenvalue weighted by atomic mass is 32.2. The lowest BCUT2D eigenvalue weighted by atomic mass is 9.90. The number of nitro benzene ring substituents is 1. The molecule has 0 atom stereocenters. The standard InChI is InChI=1S/C20H16N2O4S/c23-22(24)19-10-3-4-11-20(19)27(25,26)21-13-12-18(15-7-5-8-15)17-9-2-1-6-16(17)14-21/h1-12H,13-14H2. The van der Waals surface area contributed by atoms with Crippen molar-refractivity contribution in [3.8, 4) is 0 Å². The number of nitro groups is 1. The molecule has 0 N–H and O–H groups in total. The van der Waals surface area contributed by atoms with E-state index in [1.807, 2.05) is 48.6 Å². The lowest BCUT2D eigenvalue weighted by molar-refractivity contribution is -0.387. The summed E-state index contributed by atoms with van der Waals surface area (Å²) < 4.78 is 27.7. The van der Waals surface area contributed by atoms with Crippen molar-refractivity contribution < 1.29 is 13.3 Å². The predicted octanol–water partition coefficient (Wildman–Crippen LogP) is 3.68. The molecule has 136 valence electrons. The molecule has 7 heteroatoms. The summed E-state index contributed by atoms with van der Waals surface area (Å²) in [5.41, 5.74) is 3.46. The van der Waals surface area contributed by atoms with E-state index in [1.165, 1.54) is 28.6 Å². The van der Waals surface area contributed by atoms with Crippen molar-refractivity contribution in [2.24, 2.45) is 0 Å². The Labute approximate surface area is 157 Å². The lowest BCUT2D eigenvalue weighted by Crippen LogP contribution is -2.31. The largest absolute Gasteiger partial charge is 0.289 e. The van der Waals surface area contributed by atoms with Gasteiger partial charge in [0, 0.05) is 19.2 Å². The number of fused-ring (bicyclic) bond motifs is 1. The fraction of sp³-hybridized carbons (Fsp3) is 0.100. The van der Waals surface area contributed by atoms with Crippen LogP contribution in [-0.4, -0.2) is 24.2 Å². The zero-order valence-electron chi connectivity index (χ0n) is 14.3. The molecule has 0 spiro atoms. The minimum atomic E-state index is -4.03. The maximum absolute atomic E-state index is 13.2. The van der Waals surface area contributed by atoms with Crippen molar-refractivity contribution in [2.75, 3.05) is 6.54 Å². The van der Waals surface area contributed by atoms with Gasteiger partial charge in [-0.25, -0.2) is 8.42 Å². The van der Waals surface area contributed by atoms with E-state index in [4.69, 9.17) is 0 Å². The number of para-hydroxylation sites is 1. The molecule has 27 heavy (non-hydrogen) atoms. The maximum atomic E-state index is 13.2. The van der Waals surface area contributed by atoms with Gasteiger partial charge in [-0.15, -0.1) is 0 Å². The molecule has 1 aliphatic heterocycles. The third-order valence-electron chi connectivity index (χ3n) is 4.70. The summed E-state index contributed by atoms with van der Waals surface area (Å²) in [6, 6.07) is 13.1. The smallest absolute Gasteiger partial charge is 0.258 e. The Bertz CT molecular complexity index is 1130. The lowest BCUT2D eigenvalue weighted by Gasteiger charge is -2.20. The molecular formula is C20H16N2O4S. The van der Waals surface area contributed by atoms with E-state index in [9.17, 15) is 18.5 Å². The first-order valence-electron chi connectivity index (χ1n) is 8.39. The van der Waals surface area contributed by atoms with E-state index in [2.05, 4.69) is 0 Å². The molecule has 0 fully saturated rings. The molecule has 0 saturated heterocycles. The van der Waals surface area contributed by atoms with E-state index < -0.39 is 20.6 Å². The van der Waals surface area contributed by atoms with Gasteiger partial charge < -0.3 is 0 Å². The van der Waals surface area contributed by atoms with Crippen LogP contribution < -0.4 is 0 Å². The zero-order valence-corrected chi connectivity index (χ0v) is 15.1. The Balaban J connectivity index is 1.80. The number of hydrogen-bond donors (Lipinski definition) is 0. The Morgan fingerprint density at radius 3 is 2.44 bits per heavy atom. The van der Waals surface area contributed by atoms with Gasteiger partial charge in [0.1, 0.15) is 0 Å². The van der Waals surface area contributed by atoms with Crippen LogP contribution in [0.5, 0.6) is 0 Å². The number of nitrogens with zero attached hydrogens (tertiary/aromatic N) is 2. The number of hydrogen-bond acceptors (Lipinski definition) is 4. The Morgan fingerprint density at radius 1 is 1.04 bits per heavy atom. The normalized spacial score (nSPS) is 16.6. The van der Waals surface area contributed by atoms with E-state index in [-0.39, 0.29) is 18.0 Å². The van der Waals surface area contributed by atoms with Crippen LogP contribution >= 0.6 is 0 Å². The third kappa shape index (κ3) is 3.01. The van der Waals surface area contributed by atoms with Crippen molar-refractivity contribution >= 4 is 21.3 Å². The van der Waals surface area contributed by atoms with Crippen LogP contribution in [0.4, 0.5) is 5.69 Å². The van der Waals surface area contributed by atoms with Gasteiger partial charge in [0.25, 0.3) is 15.7 Å². The molecule has 2 aliphatic rings. The van der Waals surface area contributed by atoms with Gasteiger partial charge in [-0.2, -0.15) is 4.31 Å². The SMILES string of the molecule is O=[N+]([O-])c1ccccc1S(=O)(=O)N1CC=C(C2=CC=C2)c2ccccc2C1. The molecular weight excluding hydrogens is 364 g/mol. The Morgan fingerprint density at radius 2 is 1.74 bits per heavy atom. The molecule has 0 bridgehead atoms. The van der Waals surface area contributed by atoms with Gasteiger partial charge in [-0.1, -0.05) is 60.7 Å². The quantitative estimate of drug-likeness (QED) is 0.599. The molecule has 0 aromatic heterocycles. The summed E-state index contributed by atoms with van der Waals surface area (Å²) in [5.74, 6) is 0. The van der Waals surface area contributed by atoms with E-state index >= 15 is 0 Å². The molecule has 0 radical (unpaired) electrons. The summed E-state index contributed by atoms with van der Waals surface area (Å²) >= 11 is 0. The molecule has 1 aliphatic carbocycles. The van der Waals surface area contributed by atoms with Gasteiger partial charge in [-0.3, -0.25) is 10.1 Å². The van der Waals surface area contributed by atoms with Gasteiger partial charge >= 0.3 is 0 Å². The second-order valence-corrected chi connectivity index (χ2v) is 8.18. The van der Waals surface area contributed by atoms with Crippen LogP contribution in [0.2, 0.25) is 0 Å². The number of sulfonamides is 1. The molecule has 0 saturated carbocycles.